The first kappa shape index (κ1) is 22.0. The molecule has 1 saturated heterocycles. The molecule has 1 amide bonds. The molecule has 1 N–H and O–H groups in total. The van der Waals surface area contributed by atoms with Gasteiger partial charge in [-0.1, -0.05) is 6.08 Å². The Hall–Kier alpha value is -1.29. The average Bonchev–Trinajstić information content (AvgIpc) is 2.93. The number of carbonyl (C=O) groups is 2. The third-order valence-electron chi connectivity index (χ3n) is 4.13. The number of fused-ring (bicyclic) bond motifs is 1. The van der Waals surface area contributed by atoms with E-state index in [1.165, 1.54) is 19.1 Å². The zero-order valence-corrected chi connectivity index (χ0v) is 17.1. The van der Waals surface area contributed by atoms with Crippen LogP contribution in [0.3, 0.4) is 0 Å². The van der Waals surface area contributed by atoms with E-state index in [4.69, 9.17) is 27.8 Å². The summed E-state index contributed by atoms with van der Waals surface area (Å²) in [5.74, 6) is -2.22. The van der Waals surface area contributed by atoms with Crippen LogP contribution in [-0.4, -0.2) is 62.3 Å². The third-order valence-corrected chi connectivity index (χ3v) is 5.55. The zero-order chi connectivity index (χ0) is 20.5. The summed E-state index contributed by atoms with van der Waals surface area (Å²) in [6, 6.07) is -0.593. The van der Waals surface area contributed by atoms with Crippen molar-refractivity contribution in [2.75, 3.05) is 20.8 Å². The first-order chi connectivity index (χ1) is 12.5. The molecule has 0 aromatic carbocycles. The molecule has 0 aromatic rings. The van der Waals surface area contributed by atoms with Gasteiger partial charge in [0.15, 0.2) is 5.79 Å². The highest BCUT2D eigenvalue weighted by Crippen LogP contribution is 2.55. The van der Waals surface area contributed by atoms with Gasteiger partial charge in [-0.2, -0.15) is 0 Å². The lowest BCUT2D eigenvalue weighted by Crippen LogP contribution is -2.61. The van der Waals surface area contributed by atoms with E-state index in [9.17, 15) is 14.2 Å². The number of carbonyl (C=O) groups excluding carboxylic acids is 2. The average molecular weight is 407 g/mol. The Morgan fingerprint density at radius 3 is 2.37 bits per heavy atom. The predicted molar refractivity (Wildman–Crippen MR) is 92.6 cm³/mol. The summed E-state index contributed by atoms with van der Waals surface area (Å²) in [6.07, 6.45) is 0.967. The molecule has 0 unspecified atom stereocenters. The number of hydrogen-bond acceptors (Lipinski definition) is 9. The molecule has 0 bridgehead atoms. The van der Waals surface area contributed by atoms with Gasteiger partial charge in [0.05, 0.1) is 12.6 Å². The van der Waals surface area contributed by atoms with Crippen molar-refractivity contribution in [3.05, 3.63) is 12.2 Å². The number of phosphoric ester groups is 1. The maximum Gasteiger partial charge on any atom is 0.475 e. The fourth-order valence-electron chi connectivity index (χ4n) is 3.08. The van der Waals surface area contributed by atoms with Gasteiger partial charge in [0.2, 0.25) is 11.5 Å². The highest BCUT2D eigenvalue weighted by atomic mass is 31.2. The van der Waals surface area contributed by atoms with Crippen LogP contribution < -0.4 is 5.32 Å². The third kappa shape index (κ3) is 4.42. The van der Waals surface area contributed by atoms with Crippen molar-refractivity contribution in [3.8, 4) is 0 Å². The van der Waals surface area contributed by atoms with Crippen LogP contribution in [0, 0.1) is 0 Å². The van der Waals surface area contributed by atoms with E-state index >= 15 is 0 Å². The van der Waals surface area contributed by atoms with Gasteiger partial charge in [-0.3, -0.25) is 18.4 Å². The molecule has 154 valence electrons. The second-order valence-electron chi connectivity index (χ2n) is 6.52. The zero-order valence-electron chi connectivity index (χ0n) is 16.2. The SMILES string of the molecule is CCOC(=O)[C@]1(OP(=O)(OC)OC)C=C[C@@H](NC(C)=O)[C@@H]2OC(C)(C)O[C@@H]21. The summed E-state index contributed by atoms with van der Waals surface area (Å²) < 4.78 is 44.8. The van der Waals surface area contributed by atoms with E-state index in [0.29, 0.717) is 0 Å². The normalized spacial score (nSPS) is 32.0. The lowest BCUT2D eigenvalue weighted by Gasteiger charge is -2.40. The van der Waals surface area contributed by atoms with Gasteiger partial charge in [-0.15, -0.1) is 0 Å². The highest BCUT2D eigenvalue weighted by Gasteiger charge is 2.63. The van der Waals surface area contributed by atoms with Crippen molar-refractivity contribution in [3.63, 3.8) is 0 Å². The van der Waals surface area contributed by atoms with Crippen molar-refractivity contribution in [2.24, 2.45) is 0 Å². The second kappa shape index (κ2) is 7.98. The van der Waals surface area contributed by atoms with Crippen LogP contribution in [-0.2, 0) is 41.9 Å². The molecule has 27 heavy (non-hydrogen) atoms. The van der Waals surface area contributed by atoms with E-state index in [1.807, 2.05) is 0 Å². The lowest BCUT2D eigenvalue weighted by atomic mass is 9.83. The number of nitrogens with one attached hydrogen (secondary N) is 1. The Balaban J connectivity index is 2.55. The fourth-order valence-corrected chi connectivity index (χ4v) is 3.99. The summed E-state index contributed by atoms with van der Waals surface area (Å²) in [4.78, 5) is 24.4. The van der Waals surface area contributed by atoms with E-state index in [-0.39, 0.29) is 12.5 Å². The van der Waals surface area contributed by atoms with Crippen LogP contribution >= 0.6 is 7.82 Å². The minimum atomic E-state index is -4.11. The van der Waals surface area contributed by atoms with Crippen LogP contribution in [0.2, 0.25) is 0 Å². The summed E-state index contributed by atoms with van der Waals surface area (Å²) >= 11 is 0. The summed E-state index contributed by atoms with van der Waals surface area (Å²) in [5, 5.41) is 2.72. The Kier molecular flexibility index (Phi) is 6.51. The largest absolute Gasteiger partial charge is 0.475 e. The molecular formula is C16H26NO9P. The van der Waals surface area contributed by atoms with Gasteiger partial charge in [-0.05, 0) is 26.8 Å². The molecule has 0 aromatic heterocycles. The number of phosphoric acid groups is 1. The molecule has 4 atom stereocenters. The molecular weight excluding hydrogens is 381 g/mol. The molecule has 1 aliphatic heterocycles. The van der Waals surface area contributed by atoms with E-state index < -0.39 is 43.4 Å². The van der Waals surface area contributed by atoms with Crippen molar-refractivity contribution in [2.45, 2.75) is 57.3 Å². The van der Waals surface area contributed by atoms with Gasteiger partial charge < -0.3 is 19.5 Å². The first-order valence-electron chi connectivity index (χ1n) is 8.44. The molecule has 1 fully saturated rings. The maximum atomic E-state index is 12.9. The number of rotatable bonds is 7. The van der Waals surface area contributed by atoms with Gasteiger partial charge in [-0.25, -0.2) is 9.36 Å². The van der Waals surface area contributed by atoms with Crippen molar-refractivity contribution < 1.29 is 41.9 Å². The summed E-state index contributed by atoms with van der Waals surface area (Å²) in [6.45, 7) is 6.34. The minimum Gasteiger partial charge on any atom is -0.464 e. The number of amides is 1. The van der Waals surface area contributed by atoms with Crippen LogP contribution in [0.4, 0.5) is 0 Å². The van der Waals surface area contributed by atoms with Crippen molar-refractivity contribution >= 4 is 19.7 Å². The topological polar surface area (TPSA) is 119 Å². The highest BCUT2D eigenvalue weighted by molar-refractivity contribution is 7.48. The predicted octanol–water partition coefficient (Wildman–Crippen LogP) is 1.30. The van der Waals surface area contributed by atoms with Crippen LogP contribution in [0.25, 0.3) is 0 Å². The Morgan fingerprint density at radius 1 is 1.22 bits per heavy atom. The Labute approximate surface area is 158 Å². The summed E-state index contributed by atoms with van der Waals surface area (Å²) in [7, 11) is -1.85. The quantitative estimate of drug-likeness (QED) is 0.378. The molecule has 1 heterocycles. The Bertz CT molecular complexity index is 656. The second-order valence-corrected chi connectivity index (χ2v) is 8.33. The Morgan fingerprint density at radius 2 is 1.85 bits per heavy atom. The van der Waals surface area contributed by atoms with E-state index in [1.54, 1.807) is 20.8 Å². The summed E-state index contributed by atoms with van der Waals surface area (Å²) in [5.41, 5.74) is -1.95. The van der Waals surface area contributed by atoms with Gasteiger partial charge in [0.1, 0.15) is 12.2 Å². The molecule has 0 saturated carbocycles. The maximum absolute atomic E-state index is 12.9. The van der Waals surface area contributed by atoms with Crippen molar-refractivity contribution in [1.29, 1.82) is 0 Å². The fraction of sp³-hybridized carbons (Fsp3) is 0.750. The lowest BCUT2D eigenvalue weighted by molar-refractivity contribution is -0.183. The van der Waals surface area contributed by atoms with Crippen molar-refractivity contribution in [1.82, 2.24) is 5.32 Å². The molecule has 0 radical (unpaired) electrons. The molecule has 11 heteroatoms. The smallest absolute Gasteiger partial charge is 0.464 e. The van der Waals surface area contributed by atoms with Gasteiger partial charge in [0.25, 0.3) is 0 Å². The first-order valence-corrected chi connectivity index (χ1v) is 9.90. The van der Waals surface area contributed by atoms with Crippen LogP contribution in [0.15, 0.2) is 12.2 Å². The molecule has 2 aliphatic rings. The standard InChI is InChI=1S/C16H26NO9P/c1-7-23-14(19)16(26-27(20,21-5)22-6)9-8-11(17-10(2)18)12-13(16)25-15(3,4)24-12/h8-9,11-13H,7H2,1-6H3,(H,17,18)/t11-,12+,13+,16+/m1/s1. The molecule has 10 nitrogen and oxygen atoms in total. The molecule has 2 rings (SSSR count). The van der Waals surface area contributed by atoms with Crippen LogP contribution in [0.5, 0.6) is 0 Å². The monoisotopic (exact) mass is 407 g/mol. The number of ether oxygens (including phenoxy) is 3. The van der Waals surface area contributed by atoms with E-state index in [2.05, 4.69) is 5.32 Å². The van der Waals surface area contributed by atoms with Gasteiger partial charge >= 0.3 is 13.8 Å². The number of esters is 1. The molecule has 1 aliphatic carbocycles. The van der Waals surface area contributed by atoms with E-state index in [0.717, 1.165) is 14.2 Å². The van der Waals surface area contributed by atoms with Gasteiger partial charge in [0, 0.05) is 21.1 Å². The minimum absolute atomic E-state index is 0.0544. The molecule has 0 spiro atoms. The number of hydrogen-bond donors (Lipinski definition) is 1. The van der Waals surface area contributed by atoms with Crippen LogP contribution in [0.1, 0.15) is 27.7 Å².